The molecule has 1 aliphatic rings. The minimum atomic E-state index is -0.466. The minimum absolute atomic E-state index is 0.0310. The highest BCUT2D eigenvalue weighted by atomic mass is 35.5. The number of benzene rings is 2. The second kappa shape index (κ2) is 8.28. The van der Waals surface area contributed by atoms with Crippen molar-refractivity contribution in [3.8, 4) is 5.69 Å². The van der Waals surface area contributed by atoms with Crippen molar-refractivity contribution in [2.45, 2.75) is 26.7 Å². The average molecular weight is 424 g/mol. The Balaban J connectivity index is 1.60. The Bertz CT molecular complexity index is 1100. The van der Waals surface area contributed by atoms with Crippen molar-refractivity contribution in [3.05, 3.63) is 70.3 Å². The van der Waals surface area contributed by atoms with Gasteiger partial charge >= 0.3 is 0 Å². The smallest absolute Gasteiger partial charge is 0.295 e. The van der Waals surface area contributed by atoms with Gasteiger partial charge in [0.15, 0.2) is 0 Å². The summed E-state index contributed by atoms with van der Waals surface area (Å²) >= 11 is 5.94. The maximum atomic E-state index is 13.0. The van der Waals surface area contributed by atoms with E-state index in [1.165, 1.54) is 0 Å². The van der Waals surface area contributed by atoms with E-state index in [0.717, 1.165) is 37.2 Å². The minimum Gasteiger partial charge on any atom is -0.339 e. The van der Waals surface area contributed by atoms with Crippen molar-refractivity contribution in [3.63, 3.8) is 0 Å². The fourth-order valence-electron chi connectivity index (χ4n) is 3.63. The lowest BCUT2D eigenvalue weighted by Crippen LogP contribution is -2.29. The van der Waals surface area contributed by atoms with Crippen molar-refractivity contribution >= 4 is 29.1 Å². The van der Waals surface area contributed by atoms with Gasteiger partial charge in [-0.1, -0.05) is 23.7 Å². The molecule has 0 unspecified atom stereocenters. The first-order valence-corrected chi connectivity index (χ1v) is 10.2. The van der Waals surface area contributed by atoms with E-state index in [2.05, 4.69) is 15.4 Å². The Morgan fingerprint density at radius 2 is 1.73 bits per heavy atom. The van der Waals surface area contributed by atoms with Gasteiger partial charge in [0.1, 0.15) is 5.82 Å². The molecule has 30 heavy (non-hydrogen) atoms. The number of halogens is 1. The number of amides is 2. The van der Waals surface area contributed by atoms with Gasteiger partial charge in [0, 0.05) is 18.1 Å². The zero-order valence-corrected chi connectivity index (χ0v) is 17.6. The number of rotatable bonds is 4. The first kappa shape index (κ1) is 20.1. The van der Waals surface area contributed by atoms with Crippen LogP contribution in [0.1, 0.15) is 45.2 Å². The number of nitrogens with one attached hydrogen (secondary N) is 1. The molecule has 1 aromatic heterocycles. The molecule has 0 atom stereocenters. The molecular formula is C22H22ClN5O2. The summed E-state index contributed by atoms with van der Waals surface area (Å²) in [5, 5.41) is 7.78. The van der Waals surface area contributed by atoms with Gasteiger partial charge < -0.3 is 10.2 Å². The summed E-state index contributed by atoms with van der Waals surface area (Å²) in [6, 6.07) is 12.5. The zero-order chi connectivity index (χ0) is 21.3. The highest BCUT2D eigenvalue weighted by Gasteiger charge is 2.25. The van der Waals surface area contributed by atoms with E-state index < -0.39 is 5.91 Å². The van der Waals surface area contributed by atoms with Gasteiger partial charge in [0.05, 0.1) is 16.9 Å². The molecule has 0 saturated carbocycles. The van der Waals surface area contributed by atoms with Crippen LogP contribution in [0, 0.1) is 13.8 Å². The van der Waals surface area contributed by atoms with E-state index in [-0.39, 0.29) is 11.7 Å². The number of likely N-dealkylation sites (tertiary alicyclic amines) is 1. The van der Waals surface area contributed by atoms with Crippen LogP contribution in [0.2, 0.25) is 5.02 Å². The lowest BCUT2D eigenvalue weighted by atomic mass is 10.0. The highest BCUT2D eigenvalue weighted by molar-refractivity contribution is 6.30. The quantitative estimate of drug-likeness (QED) is 0.687. The Labute approximate surface area is 179 Å². The summed E-state index contributed by atoms with van der Waals surface area (Å²) in [4.78, 5) is 32.0. The van der Waals surface area contributed by atoms with Crippen LogP contribution in [-0.4, -0.2) is 44.6 Å². The van der Waals surface area contributed by atoms with Crippen LogP contribution in [0.25, 0.3) is 5.69 Å². The molecule has 0 aliphatic carbocycles. The first-order chi connectivity index (χ1) is 14.4. The van der Waals surface area contributed by atoms with Crippen molar-refractivity contribution in [1.29, 1.82) is 0 Å². The van der Waals surface area contributed by atoms with Crippen LogP contribution < -0.4 is 5.32 Å². The summed E-state index contributed by atoms with van der Waals surface area (Å²) in [7, 11) is 0. The van der Waals surface area contributed by atoms with Crippen molar-refractivity contribution in [2.24, 2.45) is 0 Å². The summed E-state index contributed by atoms with van der Waals surface area (Å²) in [6.07, 6.45) is 2.01. The molecule has 2 heterocycles. The molecular weight excluding hydrogens is 402 g/mol. The normalized spacial score (nSPS) is 13.5. The molecule has 4 rings (SSSR count). The molecule has 1 fully saturated rings. The predicted molar refractivity (Wildman–Crippen MR) is 115 cm³/mol. The van der Waals surface area contributed by atoms with Gasteiger partial charge in [-0.25, -0.2) is 9.67 Å². The third-order valence-electron chi connectivity index (χ3n) is 5.17. The van der Waals surface area contributed by atoms with Crippen molar-refractivity contribution < 1.29 is 9.59 Å². The molecule has 1 saturated heterocycles. The van der Waals surface area contributed by atoms with E-state index in [1.54, 1.807) is 41.9 Å². The van der Waals surface area contributed by atoms with Crippen LogP contribution in [0.5, 0.6) is 0 Å². The monoisotopic (exact) mass is 423 g/mol. The lowest BCUT2D eigenvalue weighted by Gasteiger charge is -2.19. The van der Waals surface area contributed by atoms with Gasteiger partial charge in [-0.2, -0.15) is 0 Å². The Hall–Kier alpha value is -3.19. The van der Waals surface area contributed by atoms with Crippen LogP contribution >= 0.6 is 11.6 Å². The molecule has 0 bridgehead atoms. The van der Waals surface area contributed by atoms with Crippen LogP contribution in [0.3, 0.4) is 0 Å². The molecule has 3 aromatic rings. The zero-order valence-electron chi connectivity index (χ0n) is 16.9. The number of carbonyl (C=O) groups excluding carboxylic acids is 2. The molecule has 154 valence electrons. The Morgan fingerprint density at radius 1 is 1.03 bits per heavy atom. The van der Waals surface area contributed by atoms with Gasteiger partial charge in [0.2, 0.25) is 5.82 Å². The number of nitrogens with zero attached hydrogens (tertiary/aromatic N) is 4. The number of hydrogen-bond acceptors (Lipinski definition) is 4. The topological polar surface area (TPSA) is 80.1 Å². The third kappa shape index (κ3) is 3.93. The molecule has 1 aliphatic heterocycles. The number of anilines is 1. The molecule has 1 N–H and O–H groups in total. The van der Waals surface area contributed by atoms with Gasteiger partial charge in [-0.05, 0) is 62.6 Å². The van der Waals surface area contributed by atoms with Gasteiger partial charge in [-0.3, -0.25) is 9.59 Å². The van der Waals surface area contributed by atoms with Crippen LogP contribution in [0.15, 0.2) is 42.5 Å². The number of aryl methyl sites for hydroxylation is 2. The van der Waals surface area contributed by atoms with Crippen LogP contribution in [-0.2, 0) is 0 Å². The Kier molecular flexibility index (Phi) is 5.55. The van der Waals surface area contributed by atoms with Gasteiger partial charge in [-0.15, -0.1) is 5.10 Å². The molecule has 8 heteroatoms. The summed E-state index contributed by atoms with van der Waals surface area (Å²) in [5.41, 5.74) is 2.56. The predicted octanol–water partition coefficient (Wildman–Crippen LogP) is 4.03. The fraction of sp³-hybridized carbons (Fsp3) is 0.273. The largest absolute Gasteiger partial charge is 0.339 e. The Morgan fingerprint density at radius 3 is 2.43 bits per heavy atom. The molecule has 0 radical (unpaired) electrons. The molecule has 0 spiro atoms. The first-order valence-electron chi connectivity index (χ1n) is 9.84. The second-order valence-electron chi connectivity index (χ2n) is 7.32. The number of carbonyl (C=O) groups is 2. The number of aromatic nitrogens is 3. The number of hydrogen-bond donors (Lipinski definition) is 1. The third-order valence-corrected chi connectivity index (χ3v) is 5.42. The van der Waals surface area contributed by atoms with E-state index in [4.69, 9.17) is 11.6 Å². The van der Waals surface area contributed by atoms with Crippen molar-refractivity contribution in [2.75, 3.05) is 18.4 Å². The standard InChI is InChI=1S/C22H22ClN5O2/c1-14-6-5-7-18(19(14)22(30)27-12-3-4-13-27)25-21(29)20-24-15(2)28(26-20)17-10-8-16(23)9-11-17/h5-11H,3-4,12-13H2,1-2H3,(H,25,29). The SMILES string of the molecule is Cc1cccc(NC(=O)c2nc(C)n(-c3ccc(Cl)cc3)n2)c1C(=O)N1CCCC1. The van der Waals surface area contributed by atoms with E-state index >= 15 is 0 Å². The molecule has 2 amide bonds. The maximum absolute atomic E-state index is 13.0. The fourth-order valence-corrected chi connectivity index (χ4v) is 3.75. The summed E-state index contributed by atoms with van der Waals surface area (Å²) < 4.78 is 1.58. The summed E-state index contributed by atoms with van der Waals surface area (Å²) in [6.45, 7) is 5.13. The van der Waals surface area contributed by atoms with E-state index in [9.17, 15) is 9.59 Å². The average Bonchev–Trinajstić information content (AvgIpc) is 3.38. The maximum Gasteiger partial charge on any atom is 0.295 e. The summed E-state index contributed by atoms with van der Waals surface area (Å²) in [5.74, 6) is 0.0761. The van der Waals surface area contributed by atoms with Gasteiger partial charge in [0.25, 0.3) is 11.8 Å². The highest BCUT2D eigenvalue weighted by Crippen LogP contribution is 2.24. The van der Waals surface area contributed by atoms with E-state index in [0.29, 0.717) is 22.1 Å². The van der Waals surface area contributed by atoms with Crippen molar-refractivity contribution in [1.82, 2.24) is 19.7 Å². The second-order valence-corrected chi connectivity index (χ2v) is 7.76. The van der Waals surface area contributed by atoms with E-state index in [1.807, 2.05) is 24.0 Å². The molecule has 2 aromatic carbocycles. The molecule has 7 nitrogen and oxygen atoms in total. The van der Waals surface area contributed by atoms with Crippen LogP contribution in [0.4, 0.5) is 5.69 Å². The lowest BCUT2D eigenvalue weighted by molar-refractivity contribution is 0.0793.